The lowest BCUT2D eigenvalue weighted by Gasteiger charge is -2.19. The van der Waals surface area contributed by atoms with Gasteiger partial charge in [0.1, 0.15) is 0 Å². The van der Waals surface area contributed by atoms with Crippen molar-refractivity contribution >= 4 is 0 Å². The summed E-state index contributed by atoms with van der Waals surface area (Å²) in [6.07, 6.45) is 6.32. The van der Waals surface area contributed by atoms with Gasteiger partial charge in [0.2, 0.25) is 0 Å². The molecule has 0 bridgehead atoms. The molecule has 1 heteroatoms. The molecule has 0 spiro atoms. The molecule has 1 aliphatic heterocycles. The second kappa shape index (κ2) is 3.97. The smallest absolute Gasteiger partial charge is 0.00674 e. The van der Waals surface area contributed by atoms with Gasteiger partial charge in [0.05, 0.1) is 0 Å². The van der Waals surface area contributed by atoms with Crippen LogP contribution < -0.4 is 0 Å². The van der Waals surface area contributed by atoms with E-state index in [2.05, 4.69) is 25.2 Å². The first-order chi connectivity index (χ1) is 4.84. The summed E-state index contributed by atoms with van der Waals surface area (Å²) in [5.74, 6) is 0. The van der Waals surface area contributed by atoms with E-state index in [4.69, 9.17) is 0 Å². The van der Waals surface area contributed by atoms with Gasteiger partial charge in [-0.1, -0.05) is 6.92 Å². The zero-order valence-electron chi connectivity index (χ0n) is 7.14. The zero-order chi connectivity index (χ0) is 7.40. The van der Waals surface area contributed by atoms with Crippen molar-refractivity contribution in [1.29, 1.82) is 0 Å². The Labute approximate surface area is 64.4 Å². The van der Waals surface area contributed by atoms with Gasteiger partial charge in [0.15, 0.2) is 0 Å². The average molecular weight is 140 g/mol. The topological polar surface area (TPSA) is 3.24 Å². The third-order valence-electron chi connectivity index (χ3n) is 2.40. The van der Waals surface area contributed by atoms with Crippen LogP contribution in [0.5, 0.6) is 0 Å². The van der Waals surface area contributed by atoms with Crippen LogP contribution in [0.3, 0.4) is 0 Å². The van der Waals surface area contributed by atoms with Gasteiger partial charge in [-0.25, -0.2) is 0 Å². The Balaban J connectivity index is 2.14. The summed E-state index contributed by atoms with van der Waals surface area (Å²) in [5, 5.41) is 0. The molecule has 0 unspecified atom stereocenters. The van der Waals surface area contributed by atoms with Crippen molar-refractivity contribution in [2.75, 3.05) is 13.1 Å². The second-order valence-electron chi connectivity index (χ2n) is 3.22. The lowest BCUT2D eigenvalue weighted by molar-refractivity contribution is 0.271. The first-order valence-corrected chi connectivity index (χ1v) is 4.36. The van der Waals surface area contributed by atoms with Crippen molar-refractivity contribution in [3.8, 4) is 0 Å². The summed E-state index contributed by atoms with van der Waals surface area (Å²) in [6, 6.07) is 0.847. The fraction of sp³-hybridized carbons (Fsp3) is 0.889. The van der Waals surface area contributed by atoms with E-state index in [-0.39, 0.29) is 0 Å². The molecule has 1 saturated heterocycles. The van der Waals surface area contributed by atoms with Crippen molar-refractivity contribution < 1.29 is 0 Å². The number of hydrogen-bond acceptors (Lipinski definition) is 1. The quantitative estimate of drug-likeness (QED) is 0.580. The van der Waals surface area contributed by atoms with E-state index >= 15 is 0 Å². The summed E-state index contributed by atoms with van der Waals surface area (Å²) in [4.78, 5) is 2.58. The molecule has 1 fully saturated rings. The molecule has 0 aromatic carbocycles. The fourth-order valence-electron chi connectivity index (χ4n) is 1.62. The summed E-state index contributed by atoms with van der Waals surface area (Å²) in [6.45, 7) is 7.08. The average Bonchev–Trinajstić information content (AvgIpc) is 2.31. The number of rotatable bonds is 3. The molecule has 0 aromatic rings. The highest BCUT2D eigenvalue weighted by Gasteiger charge is 2.18. The van der Waals surface area contributed by atoms with E-state index in [1.807, 2.05) is 0 Å². The van der Waals surface area contributed by atoms with E-state index in [0.29, 0.717) is 0 Å². The molecule has 0 aromatic heterocycles. The van der Waals surface area contributed by atoms with E-state index < -0.39 is 0 Å². The summed E-state index contributed by atoms with van der Waals surface area (Å²) >= 11 is 0. The predicted octanol–water partition coefficient (Wildman–Crippen LogP) is 2.08. The van der Waals surface area contributed by atoms with Gasteiger partial charge >= 0.3 is 0 Å². The lowest BCUT2D eigenvalue weighted by Crippen LogP contribution is -2.27. The molecule has 1 rings (SSSR count). The Bertz CT molecular complexity index is 90.7. The van der Waals surface area contributed by atoms with Crippen LogP contribution in [0.15, 0.2) is 0 Å². The monoisotopic (exact) mass is 140 g/mol. The van der Waals surface area contributed by atoms with Gasteiger partial charge < -0.3 is 4.90 Å². The molecular formula is C9H18N. The van der Waals surface area contributed by atoms with Gasteiger partial charge in [-0.3, -0.25) is 0 Å². The SMILES string of the molecule is C[CH]CCN1CCC[C@@H]1C. The predicted molar refractivity (Wildman–Crippen MR) is 44.9 cm³/mol. The van der Waals surface area contributed by atoms with Crippen LogP contribution in [0.2, 0.25) is 0 Å². The van der Waals surface area contributed by atoms with E-state index in [9.17, 15) is 0 Å². The van der Waals surface area contributed by atoms with Crippen LogP contribution in [0.25, 0.3) is 0 Å². The maximum absolute atomic E-state index is 2.58. The minimum absolute atomic E-state index is 0.847. The molecule has 0 N–H and O–H groups in total. The fourth-order valence-corrected chi connectivity index (χ4v) is 1.62. The first kappa shape index (κ1) is 8.06. The minimum Gasteiger partial charge on any atom is -0.301 e. The standard InChI is InChI=1S/C9H18N/c1-3-4-7-10-8-5-6-9(10)2/h3,9H,4-8H2,1-2H3/t9-/m0/s1. The van der Waals surface area contributed by atoms with Gasteiger partial charge in [-0.15, -0.1) is 0 Å². The van der Waals surface area contributed by atoms with E-state index in [1.165, 1.54) is 32.4 Å². The van der Waals surface area contributed by atoms with E-state index in [1.54, 1.807) is 0 Å². The molecule has 59 valence electrons. The Morgan fingerprint density at radius 2 is 2.40 bits per heavy atom. The molecule has 0 amide bonds. The summed E-state index contributed by atoms with van der Waals surface area (Å²) < 4.78 is 0. The second-order valence-corrected chi connectivity index (χ2v) is 3.22. The van der Waals surface area contributed by atoms with Crippen molar-refractivity contribution in [2.24, 2.45) is 0 Å². The van der Waals surface area contributed by atoms with Gasteiger partial charge in [0.25, 0.3) is 0 Å². The van der Waals surface area contributed by atoms with Crippen LogP contribution in [0.4, 0.5) is 0 Å². The highest BCUT2D eigenvalue weighted by molar-refractivity contribution is 4.76. The Hall–Kier alpha value is -0.0400. The first-order valence-electron chi connectivity index (χ1n) is 4.36. The van der Waals surface area contributed by atoms with Crippen LogP contribution in [-0.2, 0) is 0 Å². The Morgan fingerprint density at radius 1 is 1.60 bits per heavy atom. The third kappa shape index (κ3) is 1.98. The van der Waals surface area contributed by atoms with Crippen molar-refractivity contribution in [2.45, 2.75) is 39.2 Å². The minimum atomic E-state index is 0.847. The molecule has 1 radical (unpaired) electrons. The number of unbranched alkanes of at least 4 members (excludes halogenated alkanes) is 1. The van der Waals surface area contributed by atoms with Gasteiger partial charge in [-0.2, -0.15) is 0 Å². The number of nitrogens with zero attached hydrogens (tertiary/aromatic N) is 1. The normalized spacial score (nSPS) is 27.6. The molecule has 1 atom stereocenters. The molecule has 1 heterocycles. The van der Waals surface area contributed by atoms with Crippen LogP contribution >= 0.6 is 0 Å². The molecule has 1 aliphatic rings. The molecule has 0 aliphatic carbocycles. The zero-order valence-corrected chi connectivity index (χ0v) is 7.14. The van der Waals surface area contributed by atoms with E-state index in [0.717, 1.165) is 6.04 Å². The highest BCUT2D eigenvalue weighted by atomic mass is 15.2. The van der Waals surface area contributed by atoms with Crippen molar-refractivity contribution in [3.05, 3.63) is 6.42 Å². The van der Waals surface area contributed by atoms with Gasteiger partial charge in [-0.05, 0) is 45.7 Å². The van der Waals surface area contributed by atoms with Crippen molar-refractivity contribution in [1.82, 2.24) is 4.90 Å². The third-order valence-corrected chi connectivity index (χ3v) is 2.40. The Kier molecular flexibility index (Phi) is 3.20. The summed E-state index contributed by atoms with van der Waals surface area (Å²) in [5.41, 5.74) is 0. The highest BCUT2D eigenvalue weighted by Crippen LogP contribution is 2.16. The van der Waals surface area contributed by atoms with Crippen molar-refractivity contribution in [3.63, 3.8) is 0 Å². The summed E-state index contributed by atoms with van der Waals surface area (Å²) in [7, 11) is 0. The van der Waals surface area contributed by atoms with Crippen LogP contribution in [-0.4, -0.2) is 24.0 Å². The number of hydrogen-bond donors (Lipinski definition) is 0. The molecule has 1 nitrogen and oxygen atoms in total. The maximum Gasteiger partial charge on any atom is 0.00674 e. The lowest BCUT2D eigenvalue weighted by atomic mass is 10.2. The van der Waals surface area contributed by atoms with Gasteiger partial charge in [0, 0.05) is 6.04 Å². The molecular weight excluding hydrogens is 122 g/mol. The Morgan fingerprint density at radius 3 is 2.90 bits per heavy atom. The molecule has 10 heavy (non-hydrogen) atoms. The largest absolute Gasteiger partial charge is 0.301 e. The van der Waals surface area contributed by atoms with Crippen LogP contribution in [0, 0.1) is 6.42 Å². The molecule has 0 saturated carbocycles. The van der Waals surface area contributed by atoms with Crippen LogP contribution in [0.1, 0.15) is 33.1 Å². The number of likely N-dealkylation sites (tertiary alicyclic amines) is 1. The maximum atomic E-state index is 2.58.